The Morgan fingerprint density at radius 3 is 2.43 bits per heavy atom. The van der Waals surface area contributed by atoms with Crippen molar-refractivity contribution in [1.29, 1.82) is 0 Å². The number of hydrogen-bond donors (Lipinski definition) is 2. The highest BCUT2D eigenvalue weighted by molar-refractivity contribution is 14.1. The van der Waals surface area contributed by atoms with Crippen molar-refractivity contribution in [3.05, 3.63) is 92.0 Å². The molecule has 9 heteroatoms. The van der Waals surface area contributed by atoms with Gasteiger partial charge in [-0.3, -0.25) is 9.59 Å². The molecule has 0 aliphatic rings. The Morgan fingerprint density at radius 2 is 1.78 bits per heavy atom. The third-order valence-electron chi connectivity index (χ3n) is 5.30. The lowest BCUT2D eigenvalue weighted by molar-refractivity contribution is -0.123. The second-order valence-corrected chi connectivity index (χ2v) is 10.3. The monoisotopic (exact) mass is 633 g/mol. The maximum atomic E-state index is 12.8. The molecule has 194 valence electrons. The molecule has 3 rings (SSSR count). The van der Waals surface area contributed by atoms with E-state index in [0.717, 1.165) is 14.7 Å². The number of ether oxygens (including phenoxy) is 2. The molecule has 1 atom stereocenters. The average molecular weight is 634 g/mol. The van der Waals surface area contributed by atoms with Crippen molar-refractivity contribution in [2.75, 3.05) is 7.11 Å². The molecule has 2 amide bonds. The van der Waals surface area contributed by atoms with Crippen molar-refractivity contribution >= 4 is 52.2 Å². The third-order valence-corrected chi connectivity index (χ3v) is 6.35. The lowest BCUT2D eigenvalue weighted by Crippen LogP contribution is -2.46. The topological polar surface area (TPSA) is 89.0 Å². The average Bonchev–Trinajstić information content (AvgIpc) is 2.88. The van der Waals surface area contributed by atoms with Crippen LogP contribution in [0.1, 0.15) is 41.8 Å². The lowest BCUT2D eigenvalue weighted by Gasteiger charge is -2.19. The van der Waals surface area contributed by atoms with Gasteiger partial charge < -0.3 is 14.8 Å². The predicted molar refractivity (Wildman–Crippen MR) is 154 cm³/mol. The summed E-state index contributed by atoms with van der Waals surface area (Å²) in [5.74, 6) is 0.613. The minimum Gasteiger partial charge on any atom is -0.493 e. The van der Waals surface area contributed by atoms with Crippen LogP contribution >= 0.6 is 34.2 Å². The van der Waals surface area contributed by atoms with Crippen LogP contribution in [-0.4, -0.2) is 31.2 Å². The predicted octanol–water partition coefficient (Wildman–Crippen LogP) is 5.83. The van der Waals surface area contributed by atoms with Crippen LogP contribution in [0.5, 0.6) is 11.5 Å². The van der Waals surface area contributed by atoms with Gasteiger partial charge >= 0.3 is 0 Å². The summed E-state index contributed by atoms with van der Waals surface area (Å²) < 4.78 is 12.4. The van der Waals surface area contributed by atoms with Crippen molar-refractivity contribution in [1.82, 2.24) is 10.7 Å². The minimum atomic E-state index is -0.747. The zero-order chi connectivity index (χ0) is 26.8. The number of carbonyl (C=O) groups is 2. The van der Waals surface area contributed by atoms with Crippen LogP contribution in [0.2, 0.25) is 5.02 Å². The molecule has 2 N–H and O–H groups in total. The van der Waals surface area contributed by atoms with E-state index in [2.05, 4.69) is 38.4 Å². The normalized spacial score (nSPS) is 11.8. The van der Waals surface area contributed by atoms with Crippen molar-refractivity contribution in [2.24, 2.45) is 11.0 Å². The fraction of sp³-hybridized carbons (Fsp3) is 0.250. The third kappa shape index (κ3) is 8.75. The fourth-order valence-corrected chi connectivity index (χ4v) is 4.39. The molecule has 0 bridgehead atoms. The zero-order valence-electron chi connectivity index (χ0n) is 20.8. The number of nitrogens with one attached hydrogen (secondary N) is 2. The number of hydrogen-bond acceptors (Lipinski definition) is 5. The molecule has 3 aromatic rings. The number of benzene rings is 3. The van der Waals surface area contributed by atoms with Gasteiger partial charge in [0.25, 0.3) is 11.8 Å². The first-order valence-corrected chi connectivity index (χ1v) is 13.2. The number of rotatable bonds is 11. The molecule has 0 saturated carbocycles. The summed E-state index contributed by atoms with van der Waals surface area (Å²) in [6, 6.07) is 19.3. The highest BCUT2D eigenvalue weighted by Gasteiger charge is 2.22. The van der Waals surface area contributed by atoms with E-state index in [-0.39, 0.29) is 11.8 Å². The first-order chi connectivity index (χ1) is 17.8. The quantitative estimate of drug-likeness (QED) is 0.158. The van der Waals surface area contributed by atoms with E-state index in [1.807, 2.05) is 50.2 Å². The Bertz CT molecular complexity index is 1230. The molecular weight excluding hydrogens is 605 g/mol. The number of amides is 2. The van der Waals surface area contributed by atoms with Crippen molar-refractivity contribution < 1.29 is 19.1 Å². The van der Waals surface area contributed by atoms with E-state index in [0.29, 0.717) is 35.1 Å². The van der Waals surface area contributed by atoms with Gasteiger partial charge in [0.05, 0.1) is 16.9 Å². The largest absolute Gasteiger partial charge is 0.493 e. The van der Waals surface area contributed by atoms with Gasteiger partial charge in [0, 0.05) is 10.6 Å². The van der Waals surface area contributed by atoms with E-state index < -0.39 is 11.9 Å². The summed E-state index contributed by atoms with van der Waals surface area (Å²) in [4.78, 5) is 25.5. The Kier molecular flexibility index (Phi) is 10.8. The van der Waals surface area contributed by atoms with Gasteiger partial charge in [-0.2, -0.15) is 5.10 Å². The molecule has 0 aliphatic carbocycles. The molecule has 0 aliphatic heterocycles. The molecule has 1 unspecified atom stereocenters. The molecule has 0 aromatic heterocycles. The van der Waals surface area contributed by atoms with E-state index in [1.54, 1.807) is 37.4 Å². The van der Waals surface area contributed by atoms with Crippen LogP contribution in [0.3, 0.4) is 0 Å². The van der Waals surface area contributed by atoms with E-state index in [4.69, 9.17) is 21.1 Å². The van der Waals surface area contributed by atoms with Crippen LogP contribution in [0.25, 0.3) is 0 Å². The van der Waals surface area contributed by atoms with Crippen molar-refractivity contribution in [3.63, 3.8) is 0 Å². The Hall–Kier alpha value is -3.11. The first kappa shape index (κ1) is 28.5. The van der Waals surface area contributed by atoms with Gasteiger partial charge in [-0.25, -0.2) is 5.43 Å². The van der Waals surface area contributed by atoms with E-state index >= 15 is 0 Å². The molecular formula is C28H29ClIN3O4. The van der Waals surface area contributed by atoms with Crippen LogP contribution in [-0.2, 0) is 11.4 Å². The number of hydrazone groups is 1. The SMILES string of the molecule is COc1cc(/C=N/NC(=O)C(CC(C)C)NC(=O)c2ccc(Cl)cc2)cc(I)c1OCc1ccccc1. The van der Waals surface area contributed by atoms with E-state index in [9.17, 15) is 9.59 Å². The van der Waals surface area contributed by atoms with Crippen molar-refractivity contribution in [2.45, 2.75) is 32.9 Å². The van der Waals surface area contributed by atoms with Gasteiger partial charge in [0.2, 0.25) is 0 Å². The highest BCUT2D eigenvalue weighted by Crippen LogP contribution is 2.34. The van der Waals surface area contributed by atoms with E-state index in [1.165, 1.54) is 6.21 Å². The maximum absolute atomic E-state index is 12.8. The summed E-state index contributed by atoms with van der Waals surface area (Å²) in [5.41, 5.74) is 4.73. The van der Waals surface area contributed by atoms with Crippen LogP contribution in [0, 0.1) is 9.49 Å². The second-order valence-electron chi connectivity index (χ2n) is 8.71. The van der Waals surface area contributed by atoms with Crippen LogP contribution in [0.15, 0.2) is 71.8 Å². The maximum Gasteiger partial charge on any atom is 0.262 e. The molecule has 0 radical (unpaired) electrons. The Balaban J connectivity index is 1.66. The number of nitrogens with zero attached hydrogens (tertiary/aromatic N) is 1. The molecule has 0 heterocycles. The fourth-order valence-electron chi connectivity index (χ4n) is 3.48. The summed E-state index contributed by atoms with van der Waals surface area (Å²) in [6.45, 7) is 4.37. The number of methoxy groups -OCH3 is 1. The molecule has 0 spiro atoms. The van der Waals surface area contributed by atoms with Crippen LogP contribution in [0.4, 0.5) is 0 Å². The summed E-state index contributed by atoms with van der Waals surface area (Å²) >= 11 is 8.08. The van der Waals surface area contributed by atoms with Gasteiger partial charge in [0.15, 0.2) is 11.5 Å². The first-order valence-electron chi connectivity index (χ1n) is 11.7. The molecule has 0 saturated heterocycles. The second kappa shape index (κ2) is 14.0. The minimum absolute atomic E-state index is 0.180. The summed E-state index contributed by atoms with van der Waals surface area (Å²) in [7, 11) is 1.57. The van der Waals surface area contributed by atoms with Gasteiger partial charge in [-0.05, 0) is 82.5 Å². The van der Waals surface area contributed by atoms with Gasteiger partial charge in [-0.1, -0.05) is 55.8 Å². The Labute approximate surface area is 235 Å². The molecule has 37 heavy (non-hydrogen) atoms. The number of halogens is 2. The smallest absolute Gasteiger partial charge is 0.262 e. The zero-order valence-corrected chi connectivity index (χ0v) is 23.7. The summed E-state index contributed by atoms with van der Waals surface area (Å²) in [6.07, 6.45) is 1.98. The molecule has 0 fully saturated rings. The molecule has 7 nitrogen and oxygen atoms in total. The van der Waals surface area contributed by atoms with Crippen molar-refractivity contribution in [3.8, 4) is 11.5 Å². The van der Waals surface area contributed by atoms with Gasteiger partial charge in [-0.15, -0.1) is 0 Å². The number of carbonyl (C=O) groups excluding carboxylic acids is 2. The van der Waals surface area contributed by atoms with Gasteiger partial charge in [0.1, 0.15) is 12.6 Å². The summed E-state index contributed by atoms with van der Waals surface area (Å²) in [5, 5.41) is 7.43. The molecule has 3 aromatic carbocycles. The highest BCUT2D eigenvalue weighted by atomic mass is 127. The standard InChI is InChI=1S/C28H29ClIN3O4/c1-18(2)13-24(32-27(34)21-9-11-22(29)12-10-21)28(35)33-31-16-20-14-23(30)26(25(15-20)36-3)37-17-19-7-5-4-6-8-19/h4-12,14-16,18,24H,13,17H2,1-3H3,(H,32,34)(H,33,35)/b31-16+. The lowest BCUT2D eigenvalue weighted by atomic mass is 10.0. The Morgan fingerprint density at radius 1 is 1.08 bits per heavy atom. The van der Waals surface area contributed by atoms with Crippen LogP contribution < -0.4 is 20.2 Å².